The van der Waals surface area contributed by atoms with Crippen molar-refractivity contribution in [3.05, 3.63) is 64.6 Å². The topological polar surface area (TPSA) is 57.5 Å². The Balaban J connectivity index is 2.06. The zero-order valence-corrected chi connectivity index (χ0v) is 13.6. The predicted molar refractivity (Wildman–Crippen MR) is 87.3 cm³/mol. The lowest BCUT2D eigenvalue weighted by molar-refractivity contribution is -0.155. The van der Waals surface area contributed by atoms with Crippen molar-refractivity contribution in [2.24, 2.45) is 0 Å². The van der Waals surface area contributed by atoms with Gasteiger partial charge in [-0.05, 0) is 38.5 Å². The fraction of sp³-hybridized carbons (Fsp3) is 0.333. The van der Waals surface area contributed by atoms with Crippen molar-refractivity contribution in [1.82, 2.24) is 4.57 Å². The number of carbonyl (C=O) groups excluding carboxylic acids is 1. The van der Waals surface area contributed by atoms with Crippen LogP contribution in [0.15, 0.2) is 53.5 Å². The third-order valence-corrected chi connectivity index (χ3v) is 2.94. The van der Waals surface area contributed by atoms with Crippen LogP contribution < -0.4 is 10.3 Å². The second-order valence-electron chi connectivity index (χ2n) is 6.17. The van der Waals surface area contributed by atoms with Crippen molar-refractivity contribution in [2.45, 2.75) is 39.5 Å². The van der Waals surface area contributed by atoms with Crippen molar-refractivity contribution in [2.75, 3.05) is 0 Å². The second kappa shape index (κ2) is 7.13. The van der Waals surface area contributed by atoms with Crippen LogP contribution in [-0.2, 0) is 22.7 Å². The fourth-order valence-corrected chi connectivity index (χ4v) is 2.00. The van der Waals surface area contributed by atoms with Crippen LogP contribution in [0.3, 0.4) is 0 Å². The molecule has 1 aromatic heterocycles. The summed E-state index contributed by atoms with van der Waals surface area (Å²) in [5.74, 6) is -0.250. The minimum atomic E-state index is -0.581. The number of hydrogen-bond acceptors (Lipinski definition) is 4. The standard InChI is InChI=1S/C18H21NO4/c1-18(2,3)23-16(20)12-19-11-7-10-15(17(19)21)22-13-14-8-5-4-6-9-14/h4-11H,12-13H2,1-3H3. The average molecular weight is 315 g/mol. The molecule has 0 N–H and O–H groups in total. The lowest BCUT2D eigenvalue weighted by Crippen LogP contribution is -2.30. The predicted octanol–water partition coefficient (Wildman–Crippen LogP) is 2.77. The van der Waals surface area contributed by atoms with Gasteiger partial charge in [-0.25, -0.2) is 0 Å². The van der Waals surface area contributed by atoms with E-state index in [1.54, 1.807) is 39.1 Å². The van der Waals surface area contributed by atoms with Gasteiger partial charge >= 0.3 is 5.97 Å². The summed E-state index contributed by atoms with van der Waals surface area (Å²) in [7, 11) is 0. The first kappa shape index (κ1) is 16.8. The van der Waals surface area contributed by atoms with Crippen molar-refractivity contribution < 1.29 is 14.3 Å². The Bertz CT molecular complexity index is 714. The van der Waals surface area contributed by atoms with Crippen LogP contribution in [0.25, 0.3) is 0 Å². The highest BCUT2D eigenvalue weighted by Crippen LogP contribution is 2.09. The molecular weight excluding hydrogens is 294 g/mol. The maximum atomic E-state index is 12.3. The summed E-state index contributed by atoms with van der Waals surface area (Å²) in [6, 6.07) is 12.8. The fourth-order valence-electron chi connectivity index (χ4n) is 2.00. The van der Waals surface area contributed by atoms with Crippen LogP contribution in [0, 0.1) is 0 Å². The van der Waals surface area contributed by atoms with Gasteiger partial charge in [0.2, 0.25) is 0 Å². The quantitative estimate of drug-likeness (QED) is 0.796. The van der Waals surface area contributed by atoms with Crippen molar-refractivity contribution >= 4 is 5.97 Å². The van der Waals surface area contributed by atoms with Crippen LogP contribution in [0.5, 0.6) is 5.75 Å². The molecule has 23 heavy (non-hydrogen) atoms. The summed E-state index contributed by atoms with van der Waals surface area (Å²) < 4.78 is 12.1. The minimum absolute atomic E-state index is 0.140. The number of nitrogens with zero attached hydrogens (tertiary/aromatic N) is 1. The molecule has 122 valence electrons. The van der Waals surface area contributed by atoms with Crippen molar-refractivity contribution in [1.29, 1.82) is 0 Å². The van der Waals surface area contributed by atoms with Gasteiger partial charge in [0.15, 0.2) is 5.75 Å². The third-order valence-electron chi connectivity index (χ3n) is 2.94. The molecule has 0 atom stereocenters. The van der Waals surface area contributed by atoms with E-state index in [1.165, 1.54) is 4.57 Å². The Morgan fingerprint density at radius 2 is 1.78 bits per heavy atom. The Hall–Kier alpha value is -2.56. The average Bonchev–Trinajstić information content (AvgIpc) is 2.47. The lowest BCUT2D eigenvalue weighted by Gasteiger charge is -2.19. The van der Waals surface area contributed by atoms with Gasteiger partial charge < -0.3 is 14.0 Å². The van der Waals surface area contributed by atoms with Gasteiger partial charge in [-0.2, -0.15) is 0 Å². The number of esters is 1. The minimum Gasteiger partial charge on any atom is -0.483 e. The summed E-state index contributed by atoms with van der Waals surface area (Å²) in [5, 5.41) is 0. The molecule has 5 heteroatoms. The molecule has 0 aliphatic carbocycles. The maximum absolute atomic E-state index is 12.3. The van der Waals surface area contributed by atoms with Gasteiger partial charge in [0.05, 0.1) is 0 Å². The molecule has 1 aromatic carbocycles. The van der Waals surface area contributed by atoms with E-state index < -0.39 is 11.6 Å². The van der Waals surface area contributed by atoms with Crippen LogP contribution >= 0.6 is 0 Å². The first-order valence-corrected chi connectivity index (χ1v) is 7.43. The summed E-state index contributed by atoms with van der Waals surface area (Å²) in [6.45, 7) is 5.51. The summed E-state index contributed by atoms with van der Waals surface area (Å²) in [4.78, 5) is 24.2. The first-order valence-electron chi connectivity index (χ1n) is 7.43. The van der Waals surface area contributed by atoms with Gasteiger partial charge in [0, 0.05) is 6.20 Å². The van der Waals surface area contributed by atoms with E-state index >= 15 is 0 Å². The van der Waals surface area contributed by atoms with Crippen LogP contribution in [0.1, 0.15) is 26.3 Å². The number of rotatable bonds is 5. The Kier molecular flexibility index (Phi) is 5.21. The molecule has 0 spiro atoms. The van der Waals surface area contributed by atoms with Crippen molar-refractivity contribution in [3.8, 4) is 5.75 Å². The molecule has 0 radical (unpaired) electrons. The smallest absolute Gasteiger partial charge is 0.326 e. The summed E-state index contributed by atoms with van der Waals surface area (Å²) >= 11 is 0. The normalized spacial score (nSPS) is 11.1. The van der Waals surface area contributed by atoms with Gasteiger partial charge in [-0.15, -0.1) is 0 Å². The Labute approximate surface area is 135 Å². The molecule has 2 rings (SSSR count). The Morgan fingerprint density at radius 1 is 1.09 bits per heavy atom. The van der Waals surface area contributed by atoms with E-state index in [1.807, 2.05) is 30.3 Å². The number of benzene rings is 1. The Morgan fingerprint density at radius 3 is 2.43 bits per heavy atom. The molecule has 0 fully saturated rings. The highest BCUT2D eigenvalue weighted by atomic mass is 16.6. The molecule has 0 aliphatic heterocycles. The molecule has 0 saturated heterocycles. The molecule has 0 amide bonds. The zero-order valence-electron chi connectivity index (χ0n) is 13.6. The van der Waals surface area contributed by atoms with E-state index in [2.05, 4.69) is 0 Å². The van der Waals surface area contributed by atoms with Crippen LogP contribution in [0.4, 0.5) is 0 Å². The molecule has 0 aliphatic rings. The SMILES string of the molecule is CC(C)(C)OC(=O)Cn1cccc(OCc2ccccc2)c1=O. The molecule has 5 nitrogen and oxygen atoms in total. The molecule has 2 aromatic rings. The van der Waals surface area contributed by atoms with Crippen LogP contribution in [0.2, 0.25) is 0 Å². The summed E-state index contributed by atoms with van der Waals surface area (Å²) in [6.07, 6.45) is 1.54. The molecular formula is C18H21NO4. The largest absolute Gasteiger partial charge is 0.483 e. The van der Waals surface area contributed by atoms with E-state index in [0.717, 1.165) is 5.56 Å². The van der Waals surface area contributed by atoms with Gasteiger partial charge in [0.25, 0.3) is 5.56 Å². The lowest BCUT2D eigenvalue weighted by atomic mass is 10.2. The van der Waals surface area contributed by atoms with Gasteiger partial charge in [-0.1, -0.05) is 30.3 Å². The highest BCUT2D eigenvalue weighted by molar-refractivity contribution is 5.69. The number of ether oxygens (including phenoxy) is 2. The number of hydrogen-bond donors (Lipinski definition) is 0. The van der Waals surface area contributed by atoms with Gasteiger partial charge in [0.1, 0.15) is 18.8 Å². The third kappa shape index (κ3) is 5.29. The summed E-state index contributed by atoms with van der Waals surface area (Å²) in [5.41, 5.74) is 0.0333. The number of aromatic nitrogens is 1. The van der Waals surface area contributed by atoms with E-state index in [-0.39, 0.29) is 17.9 Å². The molecule has 0 unspecified atom stereocenters. The first-order chi connectivity index (χ1) is 10.8. The molecule has 0 saturated carbocycles. The monoisotopic (exact) mass is 315 g/mol. The zero-order chi connectivity index (χ0) is 16.9. The van der Waals surface area contributed by atoms with Gasteiger partial charge in [-0.3, -0.25) is 9.59 Å². The molecule has 0 bridgehead atoms. The highest BCUT2D eigenvalue weighted by Gasteiger charge is 2.17. The van der Waals surface area contributed by atoms with E-state index in [9.17, 15) is 9.59 Å². The van der Waals surface area contributed by atoms with E-state index in [0.29, 0.717) is 6.61 Å². The maximum Gasteiger partial charge on any atom is 0.326 e. The van der Waals surface area contributed by atoms with E-state index in [4.69, 9.17) is 9.47 Å². The number of pyridine rings is 1. The second-order valence-corrected chi connectivity index (χ2v) is 6.17. The number of carbonyl (C=O) groups is 1. The van der Waals surface area contributed by atoms with Crippen molar-refractivity contribution in [3.63, 3.8) is 0 Å². The van der Waals surface area contributed by atoms with Crippen LogP contribution in [-0.4, -0.2) is 16.1 Å². The molecule has 1 heterocycles.